The van der Waals surface area contributed by atoms with Crippen molar-refractivity contribution in [2.75, 3.05) is 13.2 Å². The van der Waals surface area contributed by atoms with Crippen LogP contribution in [0.3, 0.4) is 0 Å². The first-order valence-electron chi connectivity index (χ1n) is 4.20. The van der Waals surface area contributed by atoms with Gasteiger partial charge in [-0.2, -0.15) is 0 Å². The summed E-state index contributed by atoms with van der Waals surface area (Å²) in [6.07, 6.45) is 0.588. The molecule has 3 nitrogen and oxygen atoms in total. The Labute approximate surface area is 77.4 Å². The number of nitrogens with one attached hydrogen (secondary N) is 1. The molecule has 0 bridgehead atoms. The number of aliphatic hydroxyl groups is 1. The second-order valence-corrected chi connectivity index (χ2v) is 2.62. The fourth-order valence-electron chi connectivity index (χ4n) is 0.921. The van der Waals surface area contributed by atoms with Gasteiger partial charge >= 0.3 is 0 Å². The summed E-state index contributed by atoms with van der Waals surface area (Å²) in [5, 5.41) is 11.2. The van der Waals surface area contributed by atoms with Gasteiger partial charge in [-0.15, -0.1) is 0 Å². The number of hydrogen-bond donors (Lipinski definition) is 2. The molecule has 0 aliphatic rings. The van der Waals surface area contributed by atoms with Crippen molar-refractivity contribution >= 4 is 5.91 Å². The van der Waals surface area contributed by atoms with Crippen LogP contribution in [-0.2, 0) is 0 Å². The fourth-order valence-corrected chi connectivity index (χ4v) is 0.921. The number of benzene rings is 1. The summed E-state index contributed by atoms with van der Waals surface area (Å²) in [6, 6.07) is 9.63. The molecule has 0 atom stereocenters. The van der Waals surface area contributed by atoms with Crippen molar-refractivity contribution in [1.29, 1.82) is 0 Å². The highest BCUT2D eigenvalue weighted by Crippen LogP contribution is 1.96. The SMILES string of the molecule is O=C(NCCCO)c1cc[c]cc1. The van der Waals surface area contributed by atoms with Gasteiger partial charge in [0.1, 0.15) is 0 Å². The van der Waals surface area contributed by atoms with Crippen LogP contribution in [-0.4, -0.2) is 24.2 Å². The molecule has 69 valence electrons. The molecular formula is C10H12NO2. The Bertz CT molecular complexity index is 259. The lowest BCUT2D eigenvalue weighted by Crippen LogP contribution is -2.24. The van der Waals surface area contributed by atoms with Crippen molar-refractivity contribution < 1.29 is 9.90 Å². The molecule has 2 N–H and O–H groups in total. The largest absolute Gasteiger partial charge is 0.396 e. The Morgan fingerprint density at radius 1 is 1.46 bits per heavy atom. The molecule has 0 aliphatic carbocycles. The third kappa shape index (κ3) is 3.25. The lowest BCUT2D eigenvalue weighted by molar-refractivity contribution is 0.0951. The number of carbonyl (C=O) groups excluding carboxylic acids is 1. The minimum Gasteiger partial charge on any atom is -0.396 e. The molecule has 1 rings (SSSR count). The van der Waals surface area contributed by atoms with Crippen LogP contribution in [0.25, 0.3) is 0 Å². The number of amides is 1. The Morgan fingerprint density at radius 3 is 2.77 bits per heavy atom. The van der Waals surface area contributed by atoms with E-state index in [9.17, 15) is 4.79 Å². The van der Waals surface area contributed by atoms with Crippen molar-refractivity contribution in [3.8, 4) is 0 Å². The zero-order chi connectivity index (χ0) is 9.52. The smallest absolute Gasteiger partial charge is 0.251 e. The van der Waals surface area contributed by atoms with Gasteiger partial charge in [-0.1, -0.05) is 12.1 Å². The molecule has 1 aromatic rings. The maximum atomic E-state index is 11.3. The van der Waals surface area contributed by atoms with Gasteiger partial charge in [-0.25, -0.2) is 0 Å². The highest BCUT2D eigenvalue weighted by molar-refractivity contribution is 5.94. The van der Waals surface area contributed by atoms with Crippen LogP contribution in [0.15, 0.2) is 24.3 Å². The predicted molar refractivity (Wildman–Crippen MR) is 49.3 cm³/mol. The number of carbonyl (C=O) groups is 1. The van der Waals surface area contributed by atoms with Crippen LogP contribution in [0.5, 0.6) is 0 Å². The van der Waals surface area contributed by atoms with Crippen molar-refractivity contribution in [3.63, 3.8) is 0 Å². The van der Waals surface area contributed by atoms with E-state index < -0.39 is 0 Å². The summed E-state index contributed by atoms with van der Waals surface area (Å²) in [6.45, 7) is 0.608. The topological polar surface area (TPSA) is 49.3 Å². The lowest BCUT2D eigenvalue weighted by atomic mass is 10.2. The van der Waals surface area contributed by atoms with Gasteiger partial charge in [0.2, 0.25) is 0 Å². The first-order chi connectivity index (χ1) is 6.34. The van der Waals surface area contributed by atoms with E-state index in [1.807, 2.05) is 0 Å². The first kappa shape index (κ1) is 9.74. The van der Waals surface area contributed by atoms with E-state index in [1.54, 1.807) is 24.3 Å². The third-order valence-electron chi connectivity index (χ3n) is 1.60. The summed E-state index contributed by atoms with van der Waals surface area (Å²) in [4.78, 5) is 11.3. The number of hydrogen-bond acceptors (Lipinski definition) is 2. The quantitative estimate of drug-likeness (QED) is 0.663. The first-order valence-corrected chi connectivity index (χ1v) is 4.20. The van der Waals surface area contributed by atoms with Crippen LogP contribution < -0.4 is 5.32 Å². The third-order valence-corrected chi connectivity index (χ3v) is 1.60. The average molecular weight is 178 g/mol. The van der Waals surface area contributed by atoms with Gasteiger partial charge in [0.15, 0.2) is 0 Å². The molecule has 1 radical (unpaired) electrons. The molecule has 0 unspecified atom stereocenters. The second kappa shape index (κ2) is 5.32. The fraction of sp³-hybridized carbons (Fsp3) is 0.300. The van der Waals surface area contributed by atoms with Gasteiger partial charge in [0, 0.05) is 18.7 Å². The Balaban J connectivity index is 2.40. The van der Waals surface area contributed by atoms with E-state index in [0.717, 1.165) is 0 Å². The van der Waals surface area contributed by atoms with Crippen LogP contribution in [0.4, 0.5) is 0 Å². The Morgan fingerprint density at radius 2 is 2.15 bits per heavy atom. The summed E-state index contributed by atoms with van der Waals surface area (Å²) >= 11 is 0. The molecule has 0 fully saturated rings. The maximum Gasteiger partial charge on any atom is 0.251 e. The minimum atomic E-state index is -0.109. The van der Waals surface area contributed by atoms with Gasteiger partial charge in [-0.3, -0.25) is 4.79 Å². The minimum absolute atomic E-state index is 0.100. The zero-order valence-electron chi connectivity index (χ0n) is 7.29. The molecular weight excluding hydrogens is 166 g/mol. The molecule has 0 saturated carbocycles. The second-order valence-electron chi connectivity index (χ2n) is 2.62. The van der Waals surface area contributed by atoms with Crippen molar-refractivity contribution in [2.45, 2.75) is 6.42 Å². The van der Waals surface area contributed by atoms with E-state index in [2.05, 4.69) is 11.4 Å². The molecule has 1 aromatic carbocycles. The van der Waals surface area contributed by atoms with Crippen LogP contribution >= 0.6 is 0 Å². The molecule has 0 saturated heterocycles. The standard InChI is InChI=1S/C10H12NO2/c12-8-4-7-11-10(13)9-5-2-1-3-6-9/h2-3,5-6,12H,4,7-8H2,(H,11,13). The lowest BCUT2D eigenvalue weighted by Gasteiger charge is -2.02. The van der Waals surface area contributed by atoms with E-state index in [-0.39, 0.29) is 12.5 Å². The predicted octanol–water partition coefficient (Wildman–Crippen LogP) is 0.599. The molecule has 0 heterocycles. The highest BCUT2D eigenvalue weighted by Gasteiger charge is 2.01. The van der Waals surface area contributed by atoms with Gasteiger partial charge in [0.05, 0.1) is 0 Å². The van der Waals surface area contributed by atoms with Gasteiger partial charge in [0.25, 0.3) is 5.91 Å². The molecule has 13 heavy (non-hydrogen) atoms. The van der Waals surface area contributed by atoms with E-state index >= 15 is 0 Å². The van der Waals surface area contributed by atoms with Crippen LogP contribution in [0, 0.1) is 6.07 Å². The van der Waals surface area contributed by atoms with E-state index in [4.69, 9.17) is 5.11 Å². The molecule has 3 heteroatoms. The molecule has 1 amide bonds. The number of aliphatic hydroxyl groups excluding tert-OH is 1. The van der Waals surface area contributed by atoms with Gasteiger partial charge in [-0.05, 0) is 24.6 Å². The average Bonchev–Trinajstić information content (AvgIpc) is 2.19. The summed E-state index contributed by atoms with van der Waals surface area (Å²) in [5.41, 5.74) is 0.622. The molecule has 0 aliphatic heterocycles. The summed E-state index contributed by atoms with van der Waals surface area (Å²) in [5.74, 6) is -0.109. The van der Waals surface area contributed by atoms with Crippen molar-refractivity contribution in [3.05, 3.63) is 35.9 Å². The zero-order valence-corrected chi connectivity index (χ0v) is 7.29. The van der Waals surface area contributed by atoms with Crippen molar-refractivity contribution in [2.24, 2.45) is 0 Å². The van der Waals surface area contributed by atoms with Crippen LogP contribution in [0.2, 0.25) is 0 Å². The molecule has 0 aromatic heterocycles. The summed E-state index contributed by atoms with van der Waals surface area (Å²) in [7, 11) is 0. The van der Waals surface area contributed by atoms with Crippen molar-refractivity contribution in [1.82, 2.24) is 5.32 Å². The van der Waals surface area contributed by atoms with E-state index in [1.165, 1.54) is 0 Å². The Hall–Kier alpha value is -1.35. The van der Waals surface area contributed by atoms with E-state index in [0.29, 0.717) is 18.5 Å². The maximum absolute atomic E-state index is 11.3. The monoisotopic (exact) mass is 178 g/mol. The summed E-state index contributed by atoms with van der Waals surface area (Å²) < 4.78 is 0. The Kier molecular flexibility index (Phi) is 3.99. The normalized spacial score (nSPS) is 9.62. The number of rotatable bonds is 4. The highest BCUT2D eigenvalue weighted by atomic mass is 16.3. The molecule has 0 spiro atoms. The van der Waals surface area contributed by atoms with Gasteiger partial charge < -0.3 is 10.4 Å². The van der Waals surface area contributed by atoms with Crippen LogP contribution in [0.1, 0.15) is 16.8 Å².